The first-order valence-corrected chi connectivity index (χ1v) is 8.12. The third-order valence-corrected chi connectivity index (χ3v) is 3.46. The summed E-state index contributed by atoms with van der Waals surface area (Å²) in [4.78, 5) is 11.6. The van der Waals surface area contributed by atoms with Crippen molar-refractivity contribution >= 4 is 12.2 Å². The van der Waals surface area contributed by atoms with Gasteiger partial charge in [-0.3, -0.25) is 0 Å². The van der Waals surface area contributed by atoms with Crippen molar-refractivity contribution in [3.8, 4) is 0 Å². The molecule has 0 aliphatic carbocycles. The van der Waals surface area contributed by atoms with Crippen molar-refractivity contribution in [2.24, 2.45) is 0 Å². The Kier molecular flexibility index (Phi) is 7.57. The van der Waals surface area contributed by atoms with Crippen LogP contribution in [0.4, 0.5) is 4.79 Å². The third-order valence-electron chi connectivity index (χ3n) is 3.46. The van der Waals surface area contributed by atoms with Crippen molar-refractivity contribution in [2.75, 3.05) is 13.6 Å². The molecule has 126 valence electrons. The second kappa shape index (κ2) is 10.2. The number of rotatable bonds is 8. The van der Waals surface area contributed by atoms with Crippen LogP contribution in [0, 0.1) is 0 Å². The standard InChI is InChI=1S/C20H24N2O2/c1-21-15-18-12-10-17(11-13-18)7-5-6-14-22-20(23)24-16-19-8-3-2-4-9-19/h2-5,7-13,21H,6,14-16H2,1H3,(H,22,23). The molecule has 1 amide bonds. The fourth-order valence-corrected chi connectivity index (χ4v) is 2.20. The lowest BCUT2D eigenvalue weighted by atomic mass is 10.1. The molecule has 0 bridgehead atoms. The van der Waals surface area contributed by atoms with Gasteiger partial charge in [-0.1, -0.05) is 66.7 Å². The zero-order valence-electron chi connectivity index (χ0n) is 14.0. The number of amides is 1. The minimum absolute atomic E-state index is 0.293. The van der Waals surface area contributed by atoms with Gasteiger partial charge < -0.3 is 15.4 Å². The molecule has 0 atom stereocenters. The zero-order chi connectivity index (χ0) is 17.0. The molecule has 24 heavy (non-hydrogen) atoms. The highest BCUT2D eigenvalue weighted by atomic mass is 16.5. The Morgan fingerprint density at radius 1 is 1.04 bits per heavy atom. The van der Waals surface area contributed by atoms with E-state index in [4.69, 9.17) is 4.74 Å². The molecule has 4 nitrogen and oxygen atoms in total. The van der Waals surface area contributed by atoms with Gasteiger partial charge in [0.2, 0.25) is 0 Å². The van der Waals surface area contributed by atoms with E-state index in [-0.39, 0.29) is 6.09 Å². The van der Waals surface area contributed by atoms with Crippen LogP contribution in [0.15, 0.2) is 60.7 Å². The van der Waals surface area contributed by atoms with Crippen molar-refractivity contribution in [3.05, 3.63) is 77.4 Å². The second-order valence-corrected chi connectivity index (χ2v) is 5.45. The molecule has 0 aliphatic rings. The van der Waals surface area contributed by atoms with Crippen LogP contribution in [-0.4, -0.2) is 19.7 Å². The molecule has 0 saturated carbocycles. The Bertz CT molecular complexity index is 636. The van der Waals surface area contributed by atoms with E-state index in [1.165, 1.54) is 5.56 Å². The fraction of sp³-hybridized carbons (Fsp3) is 0.250. The Morgan fingerprint density at radius 2 is 1.79 bits per heavy atom. The lowest BCUT2D eigenvalue weighted by Crippen LogP contribution is -2.24. The van der Waals surface area contributed by atoms with E-state index >= 15 is 0 Å². The predicted octanol–water partition coefficient (Wildman–Crippen LogP) is 3.74. The minimum Gasteiger partial charge on any atom is -0.445 e. The molecule has 2 rings (SSSR count). The van der Waals surface area contributed by atoms with E-state index in [1.807, 2.05) is 43.5 Å². The van der Waals surface area contributed by atoms with Crippen LogP contribution in [0.3, 0.4) is 0 Å². The Labute approximate surface area is 143 Å². The van der Waals surface area contributed by atoms with Gasteiger partial charge in [0.05, 0.1) is 0 Å². The zero-order valence-corrected chi connectivity index (χ0v) is 14.0. The average Bonchev–Trinajstić information content (AvgIpc) is 2.62. The highest BCUT2D eigenvalue weighted by Gasteiger charge is 2.00. The molecule has 0 saturated heterocycles. The van der Waals surface area contributed by atoms with Crippen molar-refractivity contribution in [1.82, 2.24) is 10.6 Å². The monoisotopic (exact) mass is 324 g/mol. The van der Waals surface area contributed by atoms with Gasteiger partial charge in [0, 0.05) is 13.1 Å². The number of ether oxygens (including phenoxy) is 1. The van der Waals surface area contributed by atoms with Gasteiger partial charge in [0.15, 0.2) is 0 Å². The normalized spacial score (nSPS) is 10.7. The van der Waals surface area contributed by atoms with E-state index in [0.717, 1.165) is 24.1 Å². The van der Waals surface area contributed by atoms with Crippen LogP contribution in [0.5, 0.6) is 0 Å². The van der Waals surface area contributed by atoms with Gasteiger partial charge in [-0.05, 0) is 30.2 Å². The van der Waals surface area contributed by atoms with Gasteiger partial charge in [-0.2, -0.15) is 0 Å². The lowest BCUT2D eigenvalue weighted by molar-refractivity contribution is 0.140. The number of hydrogen-bond donors (Lipinski definition) is 2. The minimum atomic E-state index is -0.385. The highest BCUT2D eigenvalue weighted by molar-refractivity contribution is 5.67. The largest absolute Gasteiger partial charge is 0.445 e. The van der Waals surface area contributed by atoms with Crippen LogP contribution in [0.1, 0.15) is 23.1 Å². The molecule has 0 aromatic heterocycles. The molecule has 2 aromatic carbocycles. The average molecular weight is 324 g/mol. The molecule has 0 heterocycles. The van der Waals surface area contributed by atoms with E-state index in [0.29, 0.717) is 13.2 Å². The van der Waals surface area contributed by atoms with Gasteiger partial charge in [0.25, 0.3) is 0 Å². The first-order valence-electron chi connectivity index (χ1n) is 8.12. The van der Waals surface area contributed by atoms with Crippen LogP contribution < -0.4 is 10.6 Å². The maximum atomic E-state index is 11.6. The Morgan fingerprint density at radius 3 is 2.50 bits per heavy atom. The summed E-state index contributed by atoms with van der Waals surface area (Å²) in [5.41, 5.74) is 3.40. The molecule has 0 radical (unpaired) electrons. The Balaban J connectivity index is 1.62. The highest BCUT2D eigenvalue weighted by Crippen LogP contribution is 2.06. The number of carbonyl (C=O) groups is 1. The van der Waals surface area contributed by atoms with Crippen LogP contribution in [-0.2, 0) is 17.9 Å². The van der Waals surface area contributed by atoms with Crippen LogP contribution in [0.2, 0.25) is 0 Å². The van der Waals surface area contributed by atoms with Crippen LogP contribution >= 0.6 is 0 Å². The quantitative estimate of drug-likeness (QED) is 0.727. The molecule has 2 N–H and O–H groups in total. The summed E-state index contributed by atoms with van der Waals surface area (Å²) in [6.07, 6.45) is 4.48. The molecule has 0 aliphatic heterocycles. The predicted molar refractivity (Wildman–Crippen MR) is 97.5 cm³/mol. The third kappa shape index (κ3) is 6.67. The maximum absolute atomic E-state index is 11.6. The summed E-state index contributed by atoms with van der Waals surface area (Å²) in [6, 6.07) is 18.0. The molecule has 0 unspecified atom stereocenters. The van der Waals surface area contributed by atoms with Crippen molar-refractivity contribution in [2.45, 2.75) is 19.6 Å². The smallest absolute Gasteiger partial charge is 0.407 e. The second-order valence-electron chi connectivity index (χ2n) is 5.45. The molecule has 0 fully saturated rings. The first kappa shape index (κ1) is 17.8. The molecular formula is C20H24N2O2. The Hall–Kier alpha value is -2.59. The summed E-state index contributed by atoms with van der Waals surface area (Å²) < 4.78 is 5.15. The number of carbonyl (C=O) groups excluding carboxylic acids is 1. The van der Waals surface area contributed by atoms with Crippen LogP contribution in [0.25, 0.3) is 6.08 Å². The lowest BCUT2D eigenvalue weighted by Gasteiger charge is -2.05. The van der Waals surface area contributed by atoms with Gasteiger partial charge in [-0.25, -0.2) is 4.79 Å². The summed E-state index contributed by atoms with van der Waals surface area (Å²) in [5.74, 6) is 0. The summed E-state index contributed by atoms with van der Waals surface area (Å²) in [7, 11) is 1.94. The SMILES string of the molecule is CNCc1ccc(C=CCCNC(=O)OCc2ccccc2)cc1. The molecule has 2 aromatic rings. The number of benzene rings is 2. The fourth-order valence-electron chi connectivity index (χ4n) is 2.20. The van der Waals surface area contributed by atoms with E-state index in [2.05, 4.69) is 41.0 Å². The number of alkyl carbamates (subject to hydrolysis) is 1. The van der Waals surface area contributed by atoms with Crippen molar-refractivity contribution in [1.29, 1.82) is 0 Å². The molecular weight excluding hydrogens is 300 g/mol. The summed E-state index contributed by atoms with van der Waals surface area (Å²) >= 11 is 0. The maximum Gasteiger partial charge on any atom is 0.407 e. The summed E-state index contributed by atoms with van der Waals surface area (Å²) in [5, 5.41) is 5.87. The van der Waals surface area contributed by atoms with E-state index < -0.39 is 0 Å². The summed E-state index contributed by atoms with van der Waals surface area (Å²) in [6.45, 7) is 1.72. The number of hydrogen-bond acceptors (Lipinski definition) is 3. The van der Waals surface area contributed by atoms with Gasteiger partial charge in [-0.15, -0.1) is 0 Å². The van der Waals surface area contributed by atoms with E-state index in [9.17, 15) is 4.79 Å². The first-order chi connectivity index (χ1) is 11.8. The topological polar surface area (TPSA) is 50.4 Å². The van der Waals surface area contributed by atoms with E-state index in [1.54, 1.807) is 0 Å². The van der Waals surface area contributed by atoms with Crippen molar-refractivity contribution in [3.63, 3.8) is 0 Å². The van der Waals surface area contributed by atoms with Gasteiger partial charge in [0.1, 0.15) is 6.61 Å². The number of nitrogens with one attached hydrogen (secondary N) is 2. The molecule has 4 heteroatoms. The molecule has 0 spiro atoms. The van der Waals surface area contributed by atoms with Crippen molar-refractivity contribution < 1.29 is 9.53 Å². The van der Waals surface area contributed by atoms with Gasteiger partial charge >= 0.3 is 6.09 Å².